The highest BCUT2D eigenvalue weighted by molar-refractivity contribution is 9.10. The molecule has 0 N–H and O–H groups in total. The molecule has 6 nitrogen and oxygen atoms in total. The Morgan fingerprint density at radius 3 is 2.71 bits per heavy atom. The van der Waals surface area contributed by atoms with E-state index >= 15 is 0 Å². The number of methoxy groups -OCH3 is 1. The average Bonchev–Trinajstić information content (AvgIpc) is 2.90. The maximum atomic E-state index is 12.5. The molecule has 0 unspecified atom stereocenters. The summed E-state index contributed by atoms with van der Waals surface area (Å²) in [4.78, 5) is 0.175. The fourth-order valence-electron chi connectivity index (χ4n) is 2.72. The lowest BCUT2D eigenvalue weighted by atomic mass is 10.1. The van der Waals surface area contributed by atoms with Gasteiger partial charge >= 0.3 is 0 Å². The van der Waals surface area contributed by atoms with Gasteiger partial charge in [-0.05, 0) is 41.8 Å². The van der Waals surface area contributed by atoms with Gasteiger partial charge in [0.2, 0.25) is 0 Å². The lowest BCUT2D eigenvalue weighted by molar-refractivity contribution is 0.385. The Balaban J connectivity index is 2.00. The van der Waals surface area contributed by atoms with Gasteiger partial charge in [0.25, 0.3) is 10.0 Å². The molecule has 0 atom stereocenters. The zero-order chi connectivity index (χ0) is 20.5. The molecule has 1 aliphatic heterocycles. The fourth-order valence-corrected chi connectivity index (χ4v) is 4.66. The zero-order valence-electron chi connectivity index (χ0n) is 15.6. The van der Waals surface area contributed by atoms with E-state index in [1.807, 2.05) is 13.8 Å². The third-order valence-electron chi connectivity index (χ3n) is 3.97. The maximum Gasteiger partial charge on any atom is 0.285 e. The van der Waals surface area contributed by atoms with Crippen LogP contribution < -0.4 is 4.74 Å². The van der Waals surface area contributed by atoms with Crippen LogP contribution in [-0.4, -0.2) is 39.1 Å². The largest absolute Gasteiger partial charge is 0.495 e. The summed E-state index contributed by atoms with van der Waals surface area (Å²) >= 11 is 9.38. The van der Waals surface area contributed by atoms with Gasteiger partial charge in [0, 0.05) is 16.6 Å². The van der Waals surface area contributed by atoms with Crippen molar-refractivity contribution in [3.63, 3.8) is 0 Å². The van der Waals surface area contributed by atoms with Crippen LogP contribution in [0.3, 0.4) is 0 Å². The number of halogens is 2. The van der Waals surface area contributed by atoms with E-state index in [-0.39, 0.29) is 10.8 Å². The molecule has 28 heavy (non-hydrogen) atoms. The molecular formula is C19H19BrClN3O3S. The van der Waals surface area contributed by atoms with E-state index in [1.54, 1.807) is 54.7 Å². The van der Waals surface area contributed by atoms with Crippen LogP contribution in [0.25, 0.3) is 0 Å². The molecule has 0 aliphatic carbocycles. The number of nitrogens with zero attached hydrogens (tertiary/aromatic N) is 3. The minimum absolute atomic E-state index is 0.175. The van der Waals surface area contributed by atoms with Crippen molar-refractivity contribution in [3.05, 3.63) is 57.0 Å². The summed E-state index contributed by atoms with van der Waals surface area (Å²) in [6.45, 7) is 4.56. The third-order valence-corrected chi connectivity index (χ3v) is 6.09. The Hall–Kier alpha value is -1.90. The van der Waals surface area contributed by atoms with Crippen LogP contribution in [0.5, 0.6) is 5.75 Å². The molecule has 0 bridgehead atoms. The molecule has 9 heteroatoms. The van der Waals surface area contributed by atoms with Crippen molar-refractivity contribution in [2.75, 3.05) is 13.7 Å². The molecule has 0 saturated carbocycles. The Morgan fingerprint density at radius 2 is 2.04 bits per heavy atom. The van der Waals surface area contributed by atoms with Crippen molar-refractivity contribution in [2.24, 2.45) is 15.4 Å². The van der Waals surface area contributed by atoms with E-state index < -0.39 is 10.0 Å². The number of ether oxygens (including phenoxy) is 1. The van der Waals surface area contributed by atoms with E-state index in [2.05, 4.69) is 25.4 Å². The van der Waals surface area contributed by atoms with Crippen LogP contribution in [0.1, 0.15) is 25.0 Å². The van der Waals surface area contributed by atoms with Crippen molar-refractivity contribution >= 4 is 49.6 Å². The van der Waals surface area contributed by atoms with Crippen molar-refractivity contribution in [1.29, 1.82) is 0 Å². The van der Waals surface area contributed by atoms with Crippen LogP contribution >= 0.6 is 27.5 Å². The molecule has 0 spiro atoms. The number of rotatable bonds is 5. The fraction of sp³-hybridized carbons (Fsp3) is 0.263. The Bertz CT molecular complexity index is 1070. The molecule has 0 fully saturated rings. The highest BCUT2D eigenvalue weighted by Crippen LogP contribution is 2.31. The minimum Gasteiger partial charge on any atom is -0.495 e. The van der Waals surface area contributed by atoms with Gasteiger partial charge in [0.1, 0.15) is 10.6 Å². The third kappa shape index (κ3) is 4.39. The van der Waals surface area contributed by atoms with E-state index in [4.69, 9.17) is 16.3 Å². The van der Waals surface area contributed by atoms with Crippen LogP contribution in [-0.2, 0) is 10.0 Å². The Labute approximate surface area is 178 Å². The van der Waals surface area contributed by atoms with Gasteiger partial charge in [-0.2, -0.15) is 13.5 Å². The highest BCUT2D eigenvalue weighted by atomic mass is 79.9. The molecule has 0 aromatic heterocycles. The van der Waals surface area contributed by atoms with Crippen molar-refractivity contribution in [2.45, 2.75) is 18.7 Å². The van der Waals surface area contributed by atoms with Crippen molar-refractivity contribution < 1.29 is 13.2 Å². The van der Waals surface area contributed by atoms with E-state index in [9.17, 15) is 8.42 Å². The van der Waals surface area contributed by atoms with E-state index in [0.29, 0.717) is 33.2 Å². The highest BCUT2D eigenvalue weighted by Gasteiger charge is 2.32. The van der Waals surface area contributed by atoms with Gasteiger partial charge < -0.3 is 4.74 Å². The first-order chi connectivity index (χ1) is 13.2. The minimum atomic E-state index is -3.75. The van der Waals surface area contributed by atoms with E-state index in [1.165, 1.54) is 0 Å². The topological polar surface area (TPSA) is 71.3 Å². The number of benzene rings is 2. The molecule has 2 aromatic rings. The first-order valence-electron chi connectivity index (χ1n) is 8.51. The second-order valence-electron chi connectivity index (χ2n) is 6.64. The van der Waals surface area contributed by atoms with Gasteiger partial charge in [-0.15, -0.1) is 4.40 Å². The molecule has 1 heterocycles. The first kappa shape index (κ1) is 20.8. The monoisotopic (exact) mass is 483 g/mol. The van der Waals surface area contributed by atoms with Gasteiger partial charge in [0.15, 0.2) is 5.84 Å². The van der Waals surface area contributed by atoms with Crippen molar-refractivity contribution in [1.82, 2.24) is 5.01 Å². The molecule has 3 rings (SSSR count). The van der Waals surface area contributed by atoms with Gasteiger partial charge in [-0.1, -0.05) is 47.4 Å². The number of sulfonamides is 1. The number of fused-ring (bicyclic) bond motifs is 1. The predicted molar refractivity (Wildman–Crippen MR) is 115 cm³/mol. The molecule has 148 valence electrons. The van der Waals surface area contributed by atoms with Gasteiger partial charge in [0.05, 0.1) is 18.3 Å². The van der Waals surface area contributed by atoms with Crippen LogP contribution in [0.4, 0.5) is 0 Å². The first-order valence-corrected chi connectivity index (χ1v) is 11.1. The smallest absolute Gasteiger partial charge is 0.285 e. The molecular weight excluding hydrogens is 466 g/mol. The lowest BCUT2D eigenvalue weighted by Gasteiger charge is -2.21. The Morgan fingerprint density at radius 1 is 1.29 bits per heavy atom. The number of amidine groups is 1. The quantitative estimate of drug-likeness (QED) is 0.461. The number of hydrogen-bond acceptors (Lipinski definition) is 5. The molecule has 2 aromatic carbocycles. The van der Waals surface area contributed by atoms with Crippen LogP contribution in [0.15, 0.2) is 55.3 Å². The second kappa shape index (κ2) is 8.23. The van der Waals surface area contributed by atoms with Crippen LogP contribution in [0.2, 0.25) is 5.02 Å². The molecule has 0 radical (unpaired) electrons. The lowest BCUT2D eigenvalue weighted by Crippen LogP contribution is -2.29. The zero-order valence-corrected chi connectivity index (χ0v) is 18.7. The number of hydrogen-bond donors (Lipinski definition) is 0. The average molecular weight is 485 g/mol. The van der Waals surface area contributed by atoms with E-state index in [0.717, 1.165) is 5.56 Å². The summed E-state index contributed by atoms with van der Waals surface area (Å²) in [5.41, 5.74) is 1.31. The summed E-state index contributed by atoms with van der Waals surface area (Å²) in [6, 6.07) is 10.4. The standard InChI is InChI=1S/C19H19BrClN3O3S/c1-12(2)11-24(22-10-13-4-7-16(21)17(8-13)27-3)19-15-6-5-14(20)9-18(15)28(25,26)23-19/h4-10,12H,11H2,1-3H3/b22-10+. The summed E-state index contributed by atoms with van der Waals surface area (Å²) in [5.74, 6) is 1.09. The number of hydrazone groups is 1. The summed E-state index contributed by atoms with van der Waals surface area (Å²) < 4.78 is 34.8. The molecule has 0 amide bonds. The summed E-state index contributed by atoms with van der Waals surface area (Å²) in [5, 5.41) is 6.63. The maximum absolute atomic E-state index is 12.5. The van der Waals surface area contributed by atoms with Gasteiger partial charge in [-0.25, -0.2) is 5.01 Å². The summed E-state index contributed by atoms with van der Waals surface area (Å²) in [6.07, 6.45) is 1.63. The molecule has 1 aliphatic rings. The SMILES string of the molecule is COc1cc(/C=N/N(CC(C)C)C2=NS(=O)(=O)c3cc(Br)ccc32)ccc1Cl. The Kier molecular flexibility index (Phi) is 6.12. The van der Waals surface area contributed by atoms with Gasteiger partial charge in [-0.3, -0.25) is 0 Å². The molecule has 0 saturated heterocycles. The normalized spacial score (nSPS) is 15.0. The second-order valence-corrected chi connectivity index (χ2v) is 9.54. The van der Waals surface area contributed by atoms with Crippen LogP contribution in [0, 0.1) is 5.92 Å². The van der Waals surface area contributed by atoms with Crippen molar-refractivity contribution in [3.8, 4) is 5.75 Å². The summed E-state index contributed by atoms with van der Waals surface area (Å²) in [7, 11) is -2.21. The predicted octanol–water partition coefficient (Wildman–Crippen LogP) is 4.55.